The molecule has 1 aromatic carbocycles. The van der Waals surface area contributed by atoms with E-state index < -0.39 is 17.7 Å². The van der Waals surface area contributed by atoms with Gasteiger partial charge in [-0.05, 0) is 82.8 Å². The molecule has 1 aromatic heterocycles. The summed E-state index contributed by atoms with van der Waals surface area (Å²) in [5.41, 5.74) is 7.79. The SMILES string of the molecule is CC[C@H]1CN(c2nc(N)c(C(=O)OC)nc2Cl)CCN1C1CCN(Cc2ccc(Cl)cc2CCNC(=O)OC(C)(C)C)CC1. The number of amides is 1. The van der Waals surface area contributed by atoms with Crippen molar-refractivity contribution in [3.8, 4) is 0 Å². The van der Waals surface area contributed by atoms with Gasteiger partial charge in [-0.25, -0.2) is 19.6 Å². The number of nitrogen functional groups attached to an aromatic ring is 1. The van der Waals surface area contributed by atoms with Crippen LogP contribution in [0.1, 0.15) is 68.6 Å². The molecule has 1 atom stereocenters. The number of nitrogens with two attached hydrogens (primary N) is 1. The maximum atomic E-state index is 12.1. The first-order valence-electron chi connectivity index (χ1n) is 15.3. The minimum Gasteiger partial charge on any atom is -0.464 e. The highest BCUT2D eigenvalue weighted by atomic mass is 35.5. The first-order chi connectivity index (χ1) is 20.9. The molecule has 2 aliphatic heterocycles. The number of likely N-dealkylation sites (tertiary alicyclic amines) is 1. The van der Waals surface area contributed by atoms with Crippen LogP contribution in [0.3, 0.4) is 0 Å². The second-order valence-corrected chi connectivity index (χ2v) is 13.2. The summed E-state index contributed by atoms with van der Waals surface area (Å²) >= 11 is 12.8. The molecule has 0 bridgehead atoms. The maximum Gasteiger partial charge on any atom is 0.407 e. The van der Waals surface area contributed by atoms with Crippen molar-refractivity contribution in [3.63, 3.8) is 0 Å². The van der Waals surface area contributed by atoms with Gasteiger partial charge in [0.2, 0.25) is 0 Å². The van der Waals surface area contributed by atoms with Crippen molar-refractivity contribution >= 4 is 46.9 Å². The molecule has 2 fully saturated rings. The lowest BCUT2D eigenvalue weighted by Gasteiger charge is -2.47. The third-order valence-electron chi connectivity index (χ3n) is 8.19. The molecule has 1 amide bonds. The summed E-state index contributed by atoms with van der Waals surface area (Å²) in [6, 6.07) is 6.86. The number of alkyl carbamates (subject to hydrolysis) is 1. The molecule has 44 heavy (non-hydrogen) atoms. The zero-order valence-corrected chi connectivity index (χ0v) is 27.9. The van der Waals surface area contributed by atoms with Crippen LogP contribution in [0.5, 0.6) is 0 Å². The molecule has 0 saturated carbocycles. The quantitative estimate of drug-likeness (QED) is 0.366. The summed E-state index contributed by atoms with van der Waals surface area (Å²) in [5, 5.41) is 3.70. The van der Waals surface area contributed by atoms with Gasteiger partial charge >= 0.3 is 12.1 Å². The molecule has 2 saturated heterocycles. The zero-order valence-electron chi connectivity index (χ0n) is 26.4. The van der Waals surface area contributed by atoms with Crippen LogP contribution >= 0.6 is 23.2 Å². The molecule has 0 radical (unpaired) electrons. The smallest absolute Gasteiger partial charge is 0.407 e. The van der Waals surface area contributed by atoms with E-state index in [1.54, 1.807) is 0 Å². The summed E-state index contributed by atoms with van der Waals surface area (Å²) in [6.45, 7) is 13.5. The summed E-state index contributed by atoms with van der Waals surface area (Å²) in [4.78, 5) is 39.9. The fourth-order valence-corrected chi connectivity index (χ4v) is 6.46. The molecular formula is C31H45Cl2N7O4. The number of carbonyl (C=O) groups excluding carboxylic acids is 2. The number of piperidine rings is 1. The molecule has 242 valence electrons. The number of hydrogen-bond acceptors (Lipinski definition) is 10. The Morgan fingerprint density at radius 3 is 2.48 bits per heavy atom. The number of methoxy groups -OCH3 is 1. The van der Waals surface area contributed by atoms with Crippen LogP contribution < -0.4 is 16.0 Å². The largest absolute Gasteiger partial charge is 0.464 e. The lowest BCUT2D eigenvalue weighted by molar-refractivity contribution is 0.0527. The molecule has 0 aliphatic carbocycles. The third-order valence-corrected chi connectivity index (χ3v) is 8.68. The van der Waals surface area contributed by atoms with Crippen molar-refractivity contribution in [2.45, 2.75) is 77.6 Å². The van der Waals surface area contributed by atoms with Gasteiger partial charge in [0.25, 0.3) is 0 Å². The number of ether oxygens (including phenoxy) is 2. The van der Waals surface area contributed by atoms with Crippen molar-refractivity contribution in [2.75, 3.05) is 57.0 Å². The lowest BCUT2D eigenvalue weighted by Crippen LogP contribution is -2.58. The number of rotatable bonds is 9. The van der Waals surface area contributed by atoms with E-state index in [0.29, 0.717) is 35.9 Å². The van der Waals surface area contributed by atoms with Gasteiger partial charge in [-0.1, -0.05) is 36.2 Å². The van der Waals surface area contributed by atoms with Gasteiger partial charge in [0, 0.05) is 49.8 Å². The molecule has 2 aliphatic rings. The highest BCUT2D eigenvalue weighted by Gasteiger charge is 2.34. The molecule has 0 spiro atoms. The maximum absolute atomic E-state index is 12.1. The molecular weight excluding hydrogens is 605 g/mol. The number of aromatic nitrogens is 2. The molecule has 4 rings (SSSR count). The van der Waals surface area contributed by atoms with Crippen molar-refractivity contribution in [3.05, 3.63) is 45.2 Å². The Bertz CT molecular complexity index is 1310. The summed E-state index contributed by atoms with van der Waals surface area (Å²) in [5.74, 6) is -0.138. The number of halogens is 2. The Morgan fingerprint density at radius 1 is 1.09 bits per heavy atom. The molecule has 3 N–H and O–H groups in total. The molecule has 0 unspecified atom stereocenters. The van der Waals surface area contributed by atoms with Crippen LogP contribution in [0.4, 0.5) is 16.4 Å². The van der Waals surface area contributed by atoms with E-state index in [0.717, 1.165) is 64.1 Å². The van der Waals surface area contributed by atoms with E-state index in [9.17, 15) is 9.59 Å². The van der Waals surface area contributed by atoms with Gasteiger partial charge < -0.3 is 25.4 Å². The summed E-state index contributed by atoms with van der Waals surface area (Å²) in [6.07, 6.45) is 3.43. The van der Waals surface area contributed by atoms with E-state index in [1.807, 2.05) is 32.9 Å². The van der Waals surface area contributed by atoms with Gasteiger partial charge in [0.05, 0.1) is 7.11 Å². The normalized spacial score (nSPS) is 18.7. The second-order valence-electron chi connectivity index (χ2n) is 12.4. The van der Waals surface area contributed by atoms with Gasteiger partial charge in [0.15, 0.2) is 22.5 Å². The van der Waals surface area contributed by atoms with E-state index in [-0.39, 0.29) is 16.7 Å². The molecule has 13 heteroatoms. The average Bonchev–Trinajstić information content (AvgIpc) is 2.98. The van der Waals surface area contributed by atoms with E-state index in [4.69, 9.17) is 38.4 Å². The Balaban J connectivity index is 1.32. The van der Waals surface area contributed by atoms with Gasteiger partial charge in [-0.2, -0.15) is 0 Å². The first kappa shape index (κ1) is 34.0. The number of benzene rings is 1. The van der Waals surface area contributed by atoms with Gasteiger partial charge in [-0.3, -0.25) is 9.80 Å². The number of anilines is 2. The fourth-order valence-electron chi connectivity index (χ4n) is 6.02. The molecule has 3 heterocycles. The monoisotopic (exact) mass is 649 g/mol. The average molecular weight is 651 g/mol. The van der Waals surface area contributed by atoms with Crippen LogP contribution in [0.25, 0.3) is 0 Å². The zero-order chi connectivity index (χ0) is 32.0. The predicted octanol–water partition coefficient (Wildman–Crippen LogP) is 4.78. The Labute approximate surface area is 270 Å². The highest BCUT2D eigenvalue weighted by molar-refractivity contribution is 6.32. The van der Waals surface area contributed by atoms with Crippen molar-refractivity contribution < 1.29 is 19.1 Å². The van der Waals surface area contributed by atoms with E-state index in [1.165, 1.54) is 12.7 Å². The standard InChI is InChI=1S/C31H45Cl2N7O4/c1-6-23-19-39(28-26(33)36-25(27(34)37-28)29(41)43-5)15-16-40(23)24-10-13-38(14-11-24)18-21-7-8-22(32)17-20(21)9-12-35-30(42)44-31(2,3)4/h7-8,17,23-24H,6,9-16,18-19H2,1-5H3,(H2,34,37)(H,35,42)/t23-/m0/s1. The highest BCUT2D eigenvalue weighted by Crippen LogP contribution is 2.30. The second kappa shape index (κ2) is 14.9. The third kappa shape index (κ3) is 8.87. The van der Waals surface area contributed by atoms with Gasteiger partial charge in [0.1, 0.15) is 5.60 Å². The number of hydrogen-bond donors (Lipinski definition) is 2. The lowest BCUT2D eigenvalue weighted by atomic mass is 9.97. The van der Waals surface area contributed by atoms with Crippen LogP contribution in [-0.4, -0.2) is 95.9 Å². The van der Waals surface area contributed by atoms with E-state index in [2.05, 4.69) is 43.0 Å². The summed E-state index contributed by atoms with van der Waals surface area (Å²) < 4.78 is 10.1. The van der Waals surface area contributed by atoms with Crippen molar-refractivity contribution in [2.24, 2.45) is 0 Å². The minimum absolute atomic E-state index is 0.0160. The topological polar surface area (TPSA) is 126 Å². The predicted molar refractivity (Wildman–Crippen MR) is 173 cm³/mol. The Hall–Kier alpha value is -2.86. The number of esters is 1. The van der Waals surface area contributed by atoms with Crippen LogP contribution in [0.15, 0.2) is 18.2 Å². The Kier molecular flexibility index (Phi) is 11.6. The number of carbonyl (C=O) groups is 2. The van der Waals surface area contributed by atoms with Crippen LogP contribution in [0, 0.1) is 0 Å². The number of piperazine rings is 1. The molecule has 11 nitrogen and oxygen atoms in total. The fraction of sp³-hybridized carbons (Fsp3) is 0.613. The number of nitrogens with zero attached hydrogens (tertiary/aromatic N) is 5. The minimum atomic E-state index is -0.659. The van der Waals surface area contributed by atoms with Crippen LogP contribution in [-0.2, 0) is 22.4 Å². The first-order valence-corrected chi connectivity index (χ1v) is 16.0. The van der Waals surface area contributed by atoms with Gasteiger partial charge in [-0.15, -0.1) is 0 Å². The van der Waals surface area contributed by atoms with Crippen LogP contribution in [0.2, 0.25) is 10.2 Å². The van der Waals surface area contributed by atoms with Crippen molar-refractivity contribution in [1.29, 1.82) is 0 Å². The Morgan fingerprint density at radius 2 is 1.82 bits per heavy atom. The van der Waals surface area contributed by atoms with Crippen molar-refractivity contribution in [1.82, 2.24) is 25.1 Å². The number of nitrogens with one attached hydrogen (secondary N) is 1. The molecule has 2 aromatic rings. The van der Waals surface area contributed by atoms with E-state index >= 15 is 0 Å². The summed E-state index contributed by atoms with van der Waals surface area (Å²) in [7, 11) is 1.27.